The molecule has 0 bridgehead atoms. The first-order chi connectivity index (χ1) is 6.00. The van der Waals surface area contributed by atoms with Crippen molar-refractivity contribution >= 4 is 0 Å². The molecule has 11 heteroatoms. The zero-order chi connectivity index (χ0) is 12.0. The Morgan fingerprint density at radius 2 is 0.294 bits per heavy atom. The molecule has 0 aliphatic rings. The summed E-state index contributed by atoms with van der Waals surface area (Å²) in [6.45, 7) is 28.5. The van der Waals surface area contributed by atoms with Crippen LogP contribution in [0.3, 0.4) is 0 Å². The molecule has 0 saturated carbocycles. The normalized spacial score (nSPS) is 0.706. The van der Waals surface area contributed by atoms with Crippen molar-refractivity contribution in [3.05, 3.63) is 39.4 Å². The molecule has 0 fully saturated rings. The minimum atomic E-state index is 0. The van der Waals surface area contributed by atoms with E-state index in [2.05, 4.69) is 0 Å². The van der Waals surface area contributed by atoms with Crippen LogP contribution in [0.25, 0.3) is 0 Å². The predicted octanol–water partition coefficient (Wildman–Crippen LogP) is -11.4. The molecule has 0 aromatic rings. The minimum absolute atomic E-state index is 0. The molecule has 0 N–H and O–H groups in total. The number of hydrogen-bond acceptors (Lipinski definition) is 6. The van der Waals surface area contributed by atoms with Gasteiger partial charge in [-0.05, 0) is 0 Å². The molecular weight excluding hydrogens is 304 g/mol. The smallest absolute Gasteiger partial charge is 0.181 e. The van der Waals surface area contributed by atoms with Crippen molar-refractivity contribution in [2.45, 2.75) is 0 Å². The fourth-order valence-electron chi connectivity index (χ4n) is 0. The molecule has 0 aliphatic heterocycles. The second kappa shape index (κ2) is 2220. The molecule has 6 nitrogen and oxygen atoms in total. The molecule has 6 radical (unpaired) electrons. The standard InChI is InChI=1S/6CN.Fe.4Na/c6*1-2;;;;;/q;;;;;;;4*+1. The third-order valence-electron chi connectivity index (χ3n) is 0. The maximum atomic E-state index is 6.25. The molecule has 0 heterocycles. The second-order valence-electron chi connectivity index (χ2n) is 0. The van der Waals surface area contributed by atoms with Crippen molar-refractivity contribution in [1.29, 1.82) is 31.6 Å². The van der Waals surface area contributed by atoms with Crippen LogP contribution in [0.2, 0.25) is 0 Å². The third kappa shape index (κ3) is 1960. The van der Waals surface area contributed by atoms with Crippen LogP contribution >= 0.6 is 0 Å². The van der Waals surface area contributed by atoms with Gasteiger partial charge in [0.25, 0.3) is 0 Å². The van der Waals surface area contributed by atoms with Crippen LogP contribution in [0.1, 0.15) is 0 Å². The van der Waals surface area contributed by atoms with Gasteiger partial charge in [0.15, 0.2) is 39.4 Å². The van der Waals surface area contributed by atoms with Crippen molar-refractivity contribution in [2.75, 3.05) is 0 Å². The summed E-state index contributed by atoms with van der Waals surface area (Å²) >= 11 is 0. The first-order valence-electron chi connectivity index (χ1n) is 1.34. The Balaban J connectivity index is -0.00000000267. The minimum Gasteiger partial charge on any atom is -0.181 e. The summed E-state index contributed by atoms with van der Waals surface area (Å²) in [6.07, 6.45) is 0. The van der Waals surface area contributed by atoms with Gasteiger partial charge in [0, 0.05) is 17.1 Å². The summed E-state index contributed by atoms with van der Waals surface area (Å²) in [7, 11) is 0. The van der Waals surface area contributed by atoms with E-state index in [0.29, 0.717) is 0 Å². The van der Waals surface area contributed by atoms with Crippen molar-refractivity contribution in [2.24, 2.45) is 0 Å². The zero-order valence-corrected chi connectivity index (χ0v) is 19.1. The second-order valence-corrected chi connectivity index (χ2v) is 0. The van der Waals surface area contributed by atoms with Crippen LogP contribution in [0.4, 0.5) is 0 Å². The van der Waals surface area contributed by atoms with E-state index in [1.54, 1.807) is 0 Å². The van der Waals surface area contributed by atoms with Crippen molar-refractivity contribution in [3.8, 4) is 0 Å². The molecular formula is C6FeN6Na4+4. The summed E-state index contributed by atoms with van der Waals surface area (Å²) in [5.74, 6) is 0. The molecule has 0 aromatic carbocycles. The summed E-state index contributed by atoms with van der Waals surface area (Å²) in [5, 5.41) is 37.5. The Hall–Kier alpha value is 1.46. The maximum absolute atomic E-state index is 6.25. The molecule has 0 saturated heterocycles. The maximum Gasteiger partial charge on any atom is 1.00 e. The van der Waals surface area contributed by atoms with Gasteiger partial charge in [-0.2, -0.15) is 31.6 Å². The SMILES string of the molecule is [C]#N.[C]#N.[C]#N.[C]#N.[C]#N.[C]#N.[Fe].[Na+].[Na+].[Na+].[Na+]. The molecule has 0 rings (SSSR count). The number of rotatable bonds is 0. The van der Waals surface area contributed by atoms with Gasteiger partial charge in [0.2, 0.25) is 0 Å². The Kier molecular flexibility index (Phi) is 13200. The van der Waals surface area contributed by atoms with Gasteiger partial charge in [-0.1, -0.05) is 0 Å². The fraction of sp³-hybridized carbons (Fsp3) is 0. The topological polar surface area (TPSA) is 143 Å². The Morgan fingerprint density at radius 3 is 0.294 bits per heavy atom. The van der Waals surface area contributed by atoms with Crippen molar-refractivity contribution < 1.29 is 135 Å². The first-order valence-corrected chi connectivity index (χ1v) is 1.34. The van der Waals surface area contributed by atoms with Gasteiger partial charge >= 0.3 is 118 Å². The monoisotopic (exact) mass is 304 g/mol. The van der Waals surface area contributed by atoms with E-state index in [1.807, 2.05) is 0 Å². The van der Waals surface area contributed by atoms with Gasteiger partial charge in [-0.15, -0.1) is 0 Å². The molecule has 0 amide bonds. The van der Waals surface area contributed by atoms with Gasteiger partial charge < -0.3 is 0 Å². The average Bonchev–Trinajstić information content (AvgIpc) is 2.33. The first kappa shape index (κ1) is 101. The van der Waals surface area contributed by atoms with E-state index < -0.39 is 0 Å². The third-order valence-corrected chi connectivity index (χ3v) is 0. The number of hydrogen-bond donors (Lipinski definition) is 0. The molecule has 0 atom stereocenters. The van der Waals surface area contributed by atoms with Crippen LogP contribution in [-0.4, -0.2) is 0 Å². The van der Waals surface area contributed by atoms with Gasteiger partial charge in [-0.3, -0.25) is 0 Å². The van der Waals surface area contributed by atoms with Crippen LogP contribution in [-0.2, 0) is 17.1 Å². The predicted molar refractivity (Wildman–Crippen MR) is 29.8 cm³/mol. The quantitative estimate of drug-likeness (QED) is 0.406. The van der Waals surface area contributed by atoms with Crippen molar-refractivity contribution in [3.63, 3.8) is 0 Å². The van der Waals surface area contributed by atoms with Crippen LogP contribution < -0.4 is 118 Å². The summed E-state index contributed by atoms with van der Waals surface area (Å²) in [5.41, 5.74) is 0. The largest absolute Gasteiger partial charge is 1.00 e. The van der Waals surface area contributed by atoms with Crippen LogP contribution in [0.15, 0.2) is 0 Å². The van der Waals surface area contributed by atoms with E-state index in [1.165, 1.54) is 0 Å². The van der Waals surface area contributed by atoms with Crippen LogP contribution in [0.5, 0.6) is 0 Å². The zero-order valence-electron chi connectivity index (χ0n) is 10.0. The summed E-state index contributed by atoms with van der Waals surface area (Å²) in [6, 6.07) is 0. The van der Waals surface area contributed by atoms with Gasteiger partial charge in [0.05, 0.1) is 0 Å². The molecule has 0 spiro atoms. The average molecular weight is 304 g/mol. The Labute approximate surface area is 202 Å². The van der Waals surface area contributed by atoms with E-state index in [9.17, 15) is 0 Å². The van der Waals surface area contributed by atoms with Gasteiger partial charge in [-0.25, -0.2) is 0 Å². The molecule has 0 aliphatic carbocycles. The van der Waals surface area contributed by atoms with E-state index in [-0.39, 0.29) is 135 Å². The van der Waals surface area contributed by atoms with E-state index >= 15 is 0 Å². The van der Waals surface area contributed by atoms with E-state index in [0.717, 1.165) is 0 Å². The van der Waals surface area contributed by atoms with Gasteiger partial charge in [0.1, 0.15) is 0 Å². The summed E-state index contributed by atoms with van der Waals surface area (Å²) in [4.78, 5) is 0. The molecule has 62 valence electrons. The summed E-state index contributed by atoms with van der Waals surface area (Å²) < 4.78 is 0. The Bertz CT molecular complexity index is 106. The van der Waals surface area contributed by atoms with Crippen LogP contribution in [0, 0.1) is 71.0 Å². The Morgan fingerprint density at radius 1 is 0.294 bits per heavy atom. The molecule has 0 unspecified atom stereocenters. The van der Waals surface area contributed by atoms with Crippen molar-refractivity contribution in [1.82, 2.24) is 0 Å². The van der Waals surface area contributed by atoms with E-state index in [4.69, 9.17) is 71.0 Å². The number of nitrogens with zero attached hydrogens (tertiary/aromatic N) is 6. The fourth-order valence-corrected chi connectivity index (χ4v) is 0. The molecule has 17 heavy (non-hydrogen) atoms. The molecule has 0 aromatic heterocycles.